The number of nitrogens with two attached hydrogens (primary N) is 1. The van der Waals surface area contributed by atoms with Crippen LogP contribution in [0, 0.1) is 0 Å². The van der Waals surface area contributed by atoms with Gasteiger partial charge in [0.25, 0.3) is 0 Å². The van der Waals surface area contributed by atoms with Crippen molar-refractivity contribution in [1.82, 2.24) is 9.55 Å². The minimum absolute atomic E-state index is 0.104. The second kappa shape index (κ2) is 4.73. The van der Waals surface area contributed by atoms with Crippen LogP contribution in [0.15, 0.2) is 18.2 Å². The molecular weight excluding hydrogens is 222 g/mol. The maximum absolute atomic E-state index is 6.03. The lowest BCUT2D eigenvalue weighted by Gasteiger charge is -2.17. The van der Waals surface area contributed by atoms with Gasteiger partial charge in [-0.3, -0.25) is 0 Å². The summed E-state index contributed by atoms with van der Waals surface area (Å²) in [6.07, 6.45) is 2.97. The van der Waals surface area contributed by atoms with Gasteiger partial charge in [0, 0.05) is 19.0 Å². The summed E-state index contributed by atoms with van der Waals surface area (Å²) in [5, 5.41) is 0. The largest absolute Gasteiger partial charge is 0.331 e. The maximum atomic E-state index is 6.03. The van der Waals surface area contributed by atoms with Crippen LogP contribution in [-0.2, 0) is 19.9 Å². The van der Waals surface area contributed by atoms with Gasteiger partial charge in [0.05, 0.1) is 11.0 Å². The smallest absolute Gasteiger partial charge is 0.109 e. The molecule has 98 valence electrons. The summed E-state index contributed by atoms with van der Waals surface area (Å²) < 4.78 is 2.17. The Hall–Kier alpha value is -1.35. The molecule has 0 aliphatic rings. The van der Waals surface area contributed by atoms with E-state index in [4.69, 9.17) is 5.73 Å². The third-order valence-corrected chi connectivity index (χ3v) is 3.41. The summed E-state index contributed by atoms with van der Waals surface area (Å²) in [5.41, 5.74) is 9.55. The Balaban J connectivity index is 2.27. The van der Waals surface area contributed by atoms with Crippen molar-refractivity contribution in [2.45, 2.75) is 45.6 Å². The van der Waals surface area contributed by atoms with Gasteiger partial charge in [0.1, 0.15) is 5.82 Å². The van der Waals surface area contributed by atoms with E-state index in [-0.39, 0.29) is 5.54 Å². The predicted octanol–water partition coefficient (Wildman–Crippen LogP) is 2.81. The summed E-state index contributed by atoms with van der Waals surface area (Å²) in [6, 6.07) is 6.55. The minimum Gasteiger partial charge on any atom is -0.331 e. The van der Waals surface area contributed by atoms with Gasteiger partial charge >= 0.3 is 0 Å². The normalized spacial score (nSPS) is 12.3. The van der Waals surface area contributed by atoms with Gasteiger partial charge < -0.3 is 10.3 Å². The van der Waals surface area contributed by atoms with Crippen molar-refractivity contribution < 1.29 is 0 Å². The Morgan fingerprint density at radius 3 is 2.67 bits per heavy atom. The molecule has 0 saturated carbocycles. The van der Waals surface area contributed by atoms with E-state index in [0.29, 0.717) is 0 Å². The third-order valence-electron chi connectivity index (χ3n) is 3.41. The van der Waals surface area contributed by atoms with E-state index in [1.807, 2.05) is 0 Å². The van der Waals surface area contributed by atoms with Crippen LogP contribution in [0.1, 0.15) is 38.6 Å². The lowest BCUT2D eigenvalue weighted by atomic mass is 9.96. The van der Waals surface area contributed by atoms with Crippen LogP contribution in [0.5, 0.6) is 0 Å². The van der Waals surface area contributed by atoms with Gasteiger partial charge in [-0.05, 0) is 44.4 Å². The zero-order chi connectivity index (χ0) is 13.3. The molecule has 3 heteroatoms. The molecule has 0 amide bonds. The van der Waals surface area contributed by atoms with Crippen LogP contribution < -0.4 is 5.73 Å². The zero-order valence-corrected chi connectivity index (χ0v) is 11.8. The third kappa shape index (κ3) is 2.72. The van der Waals surface area contributed by atoms with Crippen LogP contribution >= 0.6 is 0 Å². The SMILES string of the molecule is CCc1nc2cc(CCC(C)(C)N)ccc2n1C. The highest BCUT2D eigenvalue weighted by Gasteiger charge is 2.11. The molecule has 0 aliphatic carbocycles. The number of rotatable bonds is 4. The molecular formula is C15H23N3. The van der Waals surface area contributed by atoms with Crippen molar-refractivity contribution in [2.75, 3.05) is 0 Å². The second-order valence-electron chi connectivity index (χ2n) is 5.75. The number of hydrogen-bond donors (Lipinski definition) is 1. The number of aromatic nitrogens is 2. The molecule has 0 atom stereocenters. The fraction of sp³-hybridized carbons (Fsp3) is 0.533. The average Bonchev–Trinajstić information content (AvgIpc) is 2.62. The number of benzene rings is 1. The molecule has 0 bridgehead atoms. The summed E-state index contributed by atoms with van der Waals surface area (Å²) in [6.45, 7) is 6.28. The standard InChI is InChI=1S/C15H23N3/c1-5-14-17-12-10-11(8-9-15(2,3)16)6-7-13(12)18(14)4/h6-7,10H,5,8-9,16H2,1-4H3. The van der Waals surface area contributed by atoms with Crippen molar-refractivity contribution >= 4 is 11.0 Å². The molecule has 18 heavy (non-hydrogen) atoms. The quantitative estimate of drug-likeness (QED) is 0.900. The van der Waals surface area contributed by atoms with E-state index in [0.717, 1.165) is 30.6 Å². The highest BCUT2D eigenvalue weighted by molar-refractivity contribution is 5.76. The van der Waals surface area contributed by atoms with Crippen molar-refractivity contribution in [3.8, 4) is 0 Å². The lowest BCUT2D eigenvalue weighted by molar-refractivity contribution is 0.477. The first-order valence-electron chi connectivity index (χ1n) is 6.64. The van der Waals surface area contributed by atoms with E-state index in [1.54, 1.807) is 0 Å². The Labute approximate surface area is 109 Å². The Kier molecular flexibility index (Phi) is 3.44. The van der Waals surface area contributed by atoms with Gasteiger partial charge in [-0.15, -0.1) is 0 Å². The summed E-state index contributed by atoms with van der Waals surface area (Å²) >= 11 is 0. The van der Waals surface area contributed by atoms with Gasteiger partial charge in [-0.2, -0.15) is 0 Å². The highest BCUT2D eigenvalue weighted by Crippen LogP contribution is 2.19. The molecule has 0 saturated heterocycles. The van der Waals surface area contributed by atoms with Crippen LogP contribution in [0.2, 0.25) is 0 Å². The molecule has 0 unspecified atom stereocenters. The minimum atomic E-state index is -0.104. The first-order valence-corrected chi connectivity index (χ1v) is 6.64. The average molecular weight is 245 g/mol. The zero-order valence-electron chi connectivity index (χ0n) is 11.8. The van der Waals surface area contributed by atoms with Crippen LogP contribution in [-0.4, -0.2) is 15.1 Å². The van der Waals surface area contributed by atoms with Crippen molar-refractivity contribution in [3.05, 3.63) is 29.6 Å². The van der Waals surface area contributed by atoms with Crippen molar-refractivity contribution in [2.24, 2.45) is 12.8 Å². The van der Waals surface area contributed by atoms with Gasteiger partial charge in [0.2, 0.25) is 0 Å². The molecule has 0 aliphatic heterocycles. The monoisotopic (exact) mass is 245 g/mol. The van der Waals surface area contributed by atoms with E-state index in [1.165, 1.54) is 11.1 Å². The molecule has 0 spiro atoms. The van der Waals surface area contributed by atoms with Gasteiger partial charge in [-0.1, -0.05) is 13.0 Å². The fourth-order valence-corrected chi connectivity index (χ4v) is 2.23. The number of hydrogen-bond acceptors (Lipinski definition) is 2. The fourth-order valence-electron chi connectivity index (χ4n) is 2.23. The van der Waals surface area contributed by atoms with Crippen LogP contribution in [0.3, 0.4) is 0 Å². The molecule has 2 aromatic rings. The van der Waals surface area contributed by atoms with Crippen molar-refractivity contribution in [3.63, 3.8) is 0 Å². The number of imidazole rings is 1. The Morgan fingerprint density at radius 2 is 2.06 bits per heavy atom. The number of nitrogens with zero attached hydrogens (tertiary/aromatic N) is 2. The van der Waals surface area contributed by atoms with E-state index in [2.05, 4.69) is 55.6 Å². The summed E-state index contributed by atoms with van der Waals surface area (Å²) in [7, 11) is 2.08. The molecule has 2 rings (SSSR count). The number of aryl methyl sites for hydroxylation is 3. The van der Waals surface area contributed by atoms with Gasteiger partial charge in [-0.25, -0.2) is 4.98 Å². The first kappa shape index (κ1) is 13.1. The van der Waals surface area contributed by atoms with E-state index < -0.39 is 0 Å². The molecule has 3 nitrogen and oxygen atoms in total. The van der Waals surface area contributed by atoms with Crippen LogP contribution in [0.4, 0.5) is 0 Å². The molecule has 1 heterocycles. The lowest BCUT2D eigenvalue weighted by Crippen LogP contribution is -2.32. The maximum Gasteiger partial charge on any atom is 0.109 e. The number of fused-ring (bicyclic) bond motifs is 1. The summed E-state index contributed by atoms with van der Waals surface area (Å²) in [5.74, 6) is 1.14. The Bertz CT molecular complexity index is 547. The van der Waals surface area contributed by atoms with E-state index >= 15 is 0 Å². The van der Waals surface area contributed by atoms with Gasteiger partial charge in [0.15, 0.2) is 0 Å². The molecule has 0 radical (unpaired) electrons. The van der Waals surface area contributed by atoms with Crippen molar-refractivity contribution in [1.29, 1.82) is 0 Å². The predicted molar refractivity (Wildman–Crippen MR) is 76.7 cm³/mol. The molecule has 2 N–H and O–H groups in total. The van der Waals surface area contributed by atoms with Crippen LogP contribution in [0.25, 0.3) is 11.0 Å². The molecule has 1 aromatic carbocycles. The second-order valence-corrected chi connectivity index (χ2v) is 5.75. The molecule has 0 fully saturated rings. The molecule has 1 aromatic heterocycles. The van der Waals surface area contributed by atoms with E-state index in [9.17, 15) is 0 Å². The highest BCUT2D eigenvalue weighted by atomic mass is 15.1. The first-order chi connectivity index (χ1) is 8.40. The Morgan fingerprint density at radius 1 is 1.33 bits per heavy atom. The summed E-state index contributed by atoms with van der Waals surface area (Å²) in [4.78, 5) is 4.67. The topological polar surface area (TPSA) is 43.8 Å².